The van der Waals surface area contributed by atoms with Crippen LogP contribution in [0.5, 0.6) is 0 Å². The number of nitrogens with zero attached hydrogens (tertiary/aromatic N) is 1. The van der Waals surface area contributed by atoms with Gasteiger partial charge in [0.2, 0.25) is 0 Å². The quantitative estimate of drug-likeness (QED) is 0.398. The van der Waals surface area contributed by atoms with E-state index >= 15 is 0 Å². The van der Waals surface area contributed by atoms with Crippen LogP contribution in [0.1, 0.15) is 5.56 Å². The normalized spacial score (nSPS) is 10.4. The van der Waals surface area contributed by atoms with Gasteiger partial charge < -0.3 is 5.73 Å². The van der Waals surface area contributed by atoms with Gasteiger partial charge in [0.05, 0.1) is 4.92 Å². The number of nitrogens with two attached hydrogens (primary N) is 1. The number of anilines is 1. The summed E-state index contributed by atoms with van der Waals surface area (Å²) in [7, 11) is 0. The van der Waals surface area contributed by atoms with Crippen LogP contribution in [0.2, 0.25) is 5.02 Å². The van der Waals surface area contributed by atoms with Crippen molar-refractivity contribution in [3.63, 3.8) is 0 Å². The van der Waals surface area contributed by atoms with Crippen LogP contribution in [0.25, 0.3) is 0 Å². The van der Waals surface area contributed by atoms with E-state index in [1.54, 1.807) is 23.9 Å². The number of halogens is 1. The molecule has 0 bridgehead atoms. The SMILES string of the molecule is Nc1cc(CSc2cccc(Cl)c2)ccc1[N+](=O)[O-]. The number of benzene rings is 2. The maximum atomic E-state index is 10.7. The summed E-state index contributed by atoms with van der Waals surface area (Å²) in [6.07, 6.45) is 0. The summed E-state index contributed by atoms with van der Waals surface area (Å²) in [6, 6.07) is 12.3. The third-order valence-electron chi connectivity index (χ3n) is 2.49. The van der Waals surface area contributed by atoms with Crippen LogP contribution in [0.3, 0.4) is 0 Å². The van der Waals surface area contributed by atoms with E-state index in [1.807, 2.05) is 24.3 Å². The predicted molar refractivity (Wildman–Crippen MR) is 78.5 cm³/mol. The maximum absolute atomic E-state index is 10.7. The molecule has 2 N–H and O–H groups in total. The third kappa shape index (κ3) is 3.62. The summed E-state index contributed by atoms with van der Waals surface area (Å²) in [6.45, 7) is 0. The van der Waals surface area contributed by atoms with Gasteiger partial charge in [0.1, 0.15) is 5.69 Å². The Morgan fingerprint density at radius 2 is 2.05 bits per heavy atom. The Hall–Kier alpha value is -1.72. The molecule has 4 nitrogen and oxygen atoms in total. The van der Waals surface area contributed by atoms with E-state index in [0.29, 0.717) is 10.8 Å². The summed E-state index contributed by atoms with van der Waals surface area (Å²) >= 11 is 7.50. The molecule has 0 aliphatic carbocycles. The molecule has 0 amide bonds. The molecular formula is C13H11ClN2O2S. The molecule has 0 saturated heterocycles. The first kappa shape index (κ1) is 13.7. The fourth-order valence-corrected chi connectivity index (χ4v) is 2.74. The Balaban J connectivity index is 2.08. The molecule has 0 saturated carbocycles. The van der Waals surface area contributed by atoms with Crippen molar-refractivity contribution in [3.05, 3.63) is 63.2 Å². The molecule has 0 spiro atoms. The minimum atomic E-state index is -0.483. The largest absolute Gasteiger partial charge is 0.393 e. The zero-order valence-corrected chi connectivity index (χ0v) is 11.4. The Labute approximate surface area is 119 Å². The van der Waals surface area contributed by atoms with Crippen LogP contribution in [0.4, 0.5) is 11.4 Å². The number of hydrogen-bond donors (Lipinski definition) is 1. The number of thioether (sulfide) groups is 1. The number of nitro benzene ring substituents is 1. The molecule has 0 atom stereocenters. The average Bonchev–Trinajstić information content (AvgIpc) is 2.36. The highest BCUT2D eigenvalue weighted by atomic mass is 35.5. The molecule has 0 aliphatic rings. The monoisotopic (exact) mass is 294 g/mol. The van der Waals surface area contributed by atoms with Crippen molar-refractivity contribution in [3.8, 4) is 0 Å². The van der Waals surface area contributed by atoms with Crippen molar-refractivity contribution < 1.29 is 4.92 Å². The number of rotatable bonds is 4. The van der Waals surface area contributed by atoms with E-state index in [2.05, 4.69) is 0 Å². The lowest BCUT2D eigenvalue weighted by atomic mass is 10.2. The average molecular weight is 295 g/mol. The van der Waals surface area contributed by atoms with Crippen molar-refractivity contribution >= 4 is 34.7 Å². The standard InChI is InChI=1S/C13H11ClN2O2S/c14-10-2-1-3-11(7-10)19-8-9-4-5-13(16(17)18)12(15)6-9/h1-7H,8,15H2. The lowest BCUT2D eigenvalue weighted by Gasteiger charge is -2.04. The van der Waals surface area contributed by atoms with Gasteiger partial charge >= 0.3 is 0 Å². The van der Waals surface area contributed by atoms with Gasteiger partial charge in [-0.05, 0) is 29.8 Å². The van der Waals surface area contributed by atoms with Crippen molar-refractivity contribution in [1.29, 1.82) is 0 Å². The molecule has 0 aromatic heterocycles. The molecule has 98 valence electrons. The zero-order chi connectivity index (χ0) is 13.8. The summed E-state index contributed by atoms with van der Waals surface area (Å²) < 4.78 is 0. The molecule has 2 rings (SSSR count). The van der Waals surface area contributed by atoms with Crippen LogP contribution in [0.15, 0.2) is 47.4 Å². The van der Waals surface area contributed by atoms with Gasteiger partial charge in [0.25, 0.3) is 5.69 Å². The molecule has 2 aromatic carbocycles. The first-order chi connectivity index (χ1) is 9.06. The molecule has 0 radical (unpaired) electrons. The minimum absolute atomic E-state index is 0.0588. The van der Waals surface area contributed by atoms with Gasteiger partial charge in [-0.15, -0.1) is 11.8 Å². The van der Waals surface area contributed by atoms with Gasteiger partial charge in [0, 0.05) is 21.7 Å². The molecule has 0 fully saturated rings. The maximum Gasteiger partial charge on any atom is 0.292 e. The van der Waals surface area contributed by atoms with E-state index in [4.69, 9.17) is 17.3 Å². The van der Waals surface area contributed by atoms with Crippen LogP contribution in [0, 0.1) is 10.1 Å². The highest BCUT2D eigenvalue weighted by molar-refractivity contribution is 7.98. The number of nitrogen functional groups attached to an aromatic ring is 1. The minimum Gasteiger partial charge on any atom is -0.393 e. The lowest BCUT2D eigenvalue weighted by molar-refractivity contribution is -0.383. The fourth-order valence-electron chi connectivity index (χ4n) is 1.58. The second kappa shape index (κ2) is 5.95. The van der Waals surface area contributed by atoms with Gasteiger partial charge in [-0.1, -0.05) is 23.7 Å². The van der Waals surface area contributed by atoms with Crippen molar-refractivity contribution in [2.45, 2.75) is 10.6 Å². The fraction of sp³-hybridized carbons (Fsp3) is 0.0769. The van der Waals surface area contributed by atoms with E-state index in [-0.39, 0.29) is 11.4 Å². The van der Waals surface area contributed by atoms with E-state index in [0.717, 1.165) is 10.5 Å². The highest BCUT2D eigenvalue weighted by Gasteiger charge is 2.11. The number of nitro groups is 1. The summed E-state index contributed by atoms with van der Waals surface area (Å²) in [5.74, 6) is 0.683. The van der Waals surface area contributed by atoms with Crippen molar-refractivity contribution in [1.82, 2.24) is 0 Å². The molecule has 0 aliphatic heterocycles. The van der Waals surface area contributed by atoms with Gasteiger partial charge in [0.15, 0.2) is 0 Å². The zero-order valence-electron chi connectivity index (χ0n) is 9.88. The molecule has 0 unspecified atom stereocenters. The van der Waals surface area contributed by atoms with Crippen molar-refractivity contribution in [2.24, 2.45) is 0 Å². The molecule has 2 aromatic rings. The second-order valence-corrected chi connectivity index (χ2v) is 5.38. The Bertz CT molecular complexity index is 619. The highest BCUT2D eigenvalue weighted by Crippen LogP contribution is 2.28. The van der Waals surface area contributed by atoms with Gasteiger partial charge in [-0.25, -0.2) is 0 Å². The van der Waals surface area contributed by atoms with Gasteiger partial charge in [-0.3, -0.25) is 10.1 Å². The second-order valence-electron chi connectivity index (χ2n) is 3.90. The van der Waals surface area contributed by atoms with Gasteiger partial charge in [-0.2, -0.15) is 0 Å². The Morgan fingerprint density at radius 3 is 2.68 bits per heavy atom. The lowest BCUT2D eigenvalue weighted by Crippen LogP contribution is -1.96. The number of hydrogen-bond acceptors (Lipinski definition) is 4. The van der Waals surface area contributed by atoms with Crippen LogP contribution < -0.4 is 5.73 Å². The summed E-state index contributed by atoms with van der Waals surface area (Å²) in [5.41, 5.74) is 6.71. The summed E-state index contributed by atoms with van der Waals surface area (Å²) in [4.78, 5) is 11.2. The Morgan fingerprint density at radius 1 is 1.26 bits per heavy atom. The van der Waals surface area contributed by atoms with E-state index < -0.39 is 4.92 Å². The third-order valence-corrected chi connectivity index (χ3v) is 3.79. The van der Waals surface area contributed by atoms with E-state index in [9.17, 15) is 10.1 Å². The predicted octanol–water partition coefficient (Wildman–Crippen LogP) is 4.12. The Kier molecular flexibility index (Phi) is 4.29. The first-order valence-electron chi connectivity index (χ1n) is 5.47. The summed E-state index contributed by atoms with van der Waals surface area (Å²) in [5, 5.41) is 11.3. The van der Waals surface area contributed by atoms with Crippen LogP contribution >= 0.6 is 23.4 Å². The first-order valence-corrected chi connectivity index (χ1v) is 6.84. The van der Waals surface area contributed by atoms with Crippen LogP contribution in [-0.4, -0.2) is 4.92 Å². The smallest absolute Gasteiger partial charge is 0.292 e. The molecule has 0 heterocycles. The molecule has 6 heteroatoms. The molecule has 19 heavy (non-hydrogen) atoms. The van der Waals surface area contributed by atoms with Crippen molar-refractivity contribution in [2.75, 3.05) is 5.73 Å². The molecular weight excluding hydrogens is 284 g/mol. The van der Waals surface area contributed by atoms with E-state index in [1.165, 1.54) is 6.07 Å². The topological polar surface area (TPSA) is 69.2 Å². The van der Waals surface area contributed by atoms with Crippen LogP contribution in [-0.2, 0) is 5.75 Å².